The lowest BCUT2D eigenvalue weighted by atomic mass is 10.1. The van der Waals surface area contributed by atoms with E-state index in [4.69, 9.17) is 0 Å². The number of fused-ring (bicyclic) bond motifs is 1. The van der Waals surface area contributed by atoms with E-state index in [0.29, 0.717) is 5.69 Å². The summed E-state index contributed by atoms with van der Waals surface area (Å²) < 4.78 is 0. The first kappa shape index (κ1) is 14.0. The van der Waals surface area contributed by atoms with Crippen LogP contribution in [0.15, 0.2) is 47.8 Å². The van der Waals surface area contributed by atoms with E-state index < -0.39 is 0 Å². The van der Waals surface area contributed by atoms with Gasteiger partial charge in [-0.15, -0.1) is 11.3 Å². The summed E-state index contributed by atoms with van der Waals surface area (Å²) in [4.78, 5) is 8.16. The molecule has 0 aliphatic rings. The molecular formula is C17H18N2OS. The second kappa shape index (κ2) is 6.24. The Kier molecular flexibility index (Phi) is 4.18. The van der Waals surface area contributed by atoms with Crippen molar-refractivity contribution in [3.05, 3.63) is 58.4 Å². The zero-order valence-corrected chi connectivity index (χ0v) is 12.8. The number of hydrogen-bond acceptors (Lipinski definition) is 4. The summed E-state index contributed by atoms with van der Waals surface area (Å²) in [5.41, 5.74) is 2.79. The van der Waals surface area contributed by atoms with Crippen LogP contribution in [0.25, 0.3) is 10.9 Å². The zero-order chi connectivity index (χ0) is 14.7. The molecule has 0 aliphatic heterocycles. The molecule has 3 rings (SSSR count). The molecule has 0 bridgehead atoms. The Morgan fingerprint density at radius 3 is 2.76 bits per heavy atom. The number of thiophene rings is 1. The van der Waals surface area contributed by atoms with Crippen molar-refractivity contribution in [2.75, 3.05) is 11.4 Å². The van der Waals surface area contributed by atoms with Gasteiger partial charge >= 0.3 is 0 Å². The number of nitrogens with zero attached hydrogens (tertiary/aromatic N) is 2. The zero-order valence-electron chi connectivity index (χ0n) is 12.0. The van der Waals surface area contributed by atoms with Gasteiger partial charge in [0.2, 0.25) is 0 Å². The summed E-state index contributed by atoms with van der Waals surface area (Å²) in [6.07, 6.45) is 0. The van der Waals surface area contributed by atoms with E-state index in [1.807, 2.05) is 24.3 Å². The molecule has 2 aromatic heterocycles. The van der Waals surface area contributed by atoms with E-state index in [0.717, 1.165) is 29.7 Å². The van der Waals surface area contributed by atoms with E-state index in [1.165, 1.54) is 4.88 Å². The Bertz CT molecular complexity index is 725. The average Bonchev–Trinajstić information content (AvgIpc) is 3.04. The van der Waals surface area contributed by atoms with Crippen molar-refractivity contribution in [1.82, 2.24) is 4.98 Å². The molecule has 2 heterocycles. The first-order valence-electron chi connectivity index (χ1n) is 7.08. The van der Waals surface area contributed by atoms with Crippen molar-refractivity contribution in [2.45, 2.75) is 20.1 Å². The van der Waals surface area contributed by atoms with E-state index >= 15 is 0 Å². The van der Waals surface area contributed by atoms with Gasteiger partial charge in [-0.1, -0.05) is 24.3 Å². The van der Waals surface area contributed by atoms with Gasteiger partial charge in [-0.3, -0.25) is 4.98 Å². The number of hydrogen-bond donors (Lipinski definition) is 1. The molecule has 3 aromatic rings. The highest BCUT2D eigenvalue weighted by Gasteiger charge is 2.12. The van der Waals surface area contributed by atoms with E-state index in [2.05, 4.69) is 40.4 Å². The number of benzene rings is 1. The molecule has 0 saturated heterocycles. The largest absolute Gasteiger partial charge is 0.390 e. The molecule has 0 spiro atoms. The van der Waals surface area contributed by atoms with E-state index in [1.54, 1.807) is 11.3 Å². The molecule has 3 nitrogen and oxygen atoms in total. The van der Waals surface area contributed by atoms with Gasteiger partial charge in [0.15, 0.2) is 0 Å². The highest BCUT2D eigenvalue weighted by atomic mass is 32.1. The number of rotatable bonds is 5. The molecule has 0 unspecified atom stereocenters. The molecule has 1 aromatic carbocycles. The van der Waals surface area contributed by atoms with Crippen LogP contribution in [0.2, 0.25) is 0 Å². The average molecular weight is 298 g/mol. The fourth-order valence-electron chi connectivity index (χ4n) is 2.51. The summed E-state index contributed by atoms with van der Waals surface area (Å²) in [6, 6.07) is 14.3. The first-order valence-corrected chi connectivity index (χ1v) is 7.96. The predicted octanol–water partition coefficient (Wildman–Crippen LogP) is 3.82. The molecule has 0 atom stereocenters. The maximum atomic E-state index is 9.45. The van der Waals surface area contributed by atoms with Crippen molar-refractivity contribution in [1.29, 1.82) is 0 Å². The Labute approximate surface area is 128 Å². The third-order valence-corrected chi connectivity index (χ3v) is 4.42. The molecule has 21 heavy (non-hydrogen) atoms. The Hall–Kier alpha value is -1.91. The van der Waals surface area contributed by atoms with Gasteiger partial charge in [0.25, 0.3) is 0 Å². The highest BCUT2D eigenvalue weighted by molar-refractivity contribution is 7.09. The standard InChI is InChI=1S/C17H18N2OS/c1-2-19(11-14-6-5-9-21-14)17-10-13(12-20)18-16-8-4-3-7-15(16)17/h3-10,20H,2,11-12H2,1H3. The van der Waals surface area contributed by atoms with Gasteiger partial charge in [-0.05, 0) is 30.5 Å². The van der Waals surface area contributed by atoms with Crippen molar-refractivity contribution in [2.24, 2.45) is 0 Å². The van der Waals surface area contributed by atoms with Crippen molar-refractivity contribution < 1.29 is 5.11 Å². The second-order valence-electron chi connectivity index (χ2n) is 4.90. The number of pyridine rings is 1. The molecule has 0 radical (unpaired) electrons. The lowest BCUT2D eigenvalue weighted by Crippen LogP contribution is -2.22. The number of para-hydroxylation sites is 1. The van der Waals surface area contributed by atoms with Crippen molar-refractivity contribution in [3.8, 4) is 0 Å². The maximum absolute atomic E-state index is 9.45. The van der Waals surface area contributed by atoms with Crippen molar-refractivity contribution in [3.63, 3.8) is 0 Å². The molecule has 0 fully saturated rings. The quantitative estimate of drug-likeness (QED) is 0.778. The number of anilines is 1. The topological polar surface area (TPSA) is 36.4 Å². The van der Waals surface area contributed by atoms with Crippen LogP contribution in [0, 0.1) is 0 Å². The summed E-state index contributed by atoms with van der Waals surface area (Å²) in [5.74, 6) is 0. The summed E-state index contributed by atoms with van der Waals surface area (Å²) in [5, 5.41) is 12.7. The summed E-state index contributed by atoms with van der Waals surface area (Å²) >= 11 is 1.77. The fraction of sp³-hybridized carbons (Fsp3) is 0.235. The molecule has 108 valence electrons. The Morgan fingerprint density at radius 1 is 1.19 bits per heavy atom. The van der Waals surface area contributed by atoms with Crippen LogP contribution < -0.4 is 4.90 Å². The summed E-state index contributed by atoms with van der Waals surface area (Å²) in [6.45, 7) is 3.92. The van der Waals surface area contributed by atoms with Gasteiger partial charge in [0.1, 0.15) is 0 Å². The Balaban J connectivity index is 2.07. The van der Waals surface area contributed by atoms with Gasteiger partial charge in [0, 0.05) is 22.5 Å². The second-order valence-corrected chi connectivity index (χ2v) is 5.93. The van der Waals surface area contributed by atoms with Crippen LogP contribution >= 0.6 is 11.3 Å². The van der Waals surface area contributed by atoms with Gasteiger partial charge in [0.05, 0.1) is 24.4 Å². The monoisotopic (exact) mass is 298 g/mol. The SMILES string of the molecule is CCN(Cc1cccs1)c1cc(CO)nc2ccccc12. The molecule has 0 aliphatic carbocycles. The van der Waals surface area contributed by atoms with Crippen LogP contribution in [-0.4, -0.2) is 16.6 Å². The van der Waals surface area contributed by atoms with Crippen LogP contribution in [0.4, 0.5) is 5.69 Å². The highest BCUT2D eigenvalue weighted by Crippen LogP contribution is 2.28. The van der Waals surface area contributed by atoms with Crippen LogP contribution in [-0.2, 0) is 13.2 Å². The minimum Gasteiger partial charge on any atom is -0.390 e. The third kappa shape index (κ3) is 2.91. The number of aromatic nitrogens is 1. The minimum absolute atomic E-state index is 0.0333. The van der Waals surface area contributed by atoms with E-state index in [-0.39, 0.29) is 6.61 Å². The lowest BCUT2D eigenvalue weighted by molar-refractivity contribution is 0.277. The fourth-order valence-corrected chi connectivity index (χ4v) is 3.23. The number of aliphatic hydroxyl groups is 1. The lowest BCUT2D eigenvalue weighted by Gasteiger charge is -2.24. The Morgan fingerprint density at radius 2 is 2.05 bits per heavy atom. The predicted molar refractivity (Wildman–Crippen MR) is 88.7 cm³/mol. The minimum atomic E-state index is -0.0333. The smallest absolute Gasteiger partial charge is 0.0854 e. The number of aliphatic hydroxyl groups excluding tert-OH is 1. The summed E-state index contributed by atoms with van der Waals surface area (Å²) in [7, 11) is 0. The maximum Gasteiger partial charge on any atom is 0.0854 e. The van der Waals surface area contributed by atoms with Crippen LogP contribution in [0.1, 0.15) is 17.5 Å². The molecule has 1 N–H and O–H groups in total. The molecule has 0 saturated carbocycles. The van der Waals surface area contributed by atoms with Gasteiger partial charge in [-0.25, -0.2) is 0 Å². The third-order valence-electron chi connectivity index (χ3n) is 3.56. The van der Waals surface area contributed by atoms with E-state index in [9.17, 15) is 5.11 Å². The van der Waals surface area contributed by atoms with Gasteiger partial charge < -0.3 is 10.0 Å². The molecular weight excluding hydrogens is 280 g/mol. The molecule has 0 amide bonds. The normalized spacial score (nSPS) is 11.0. The van der Waals surface area contributed by atoms with Crippen molar-refractivity contribution >= 4 is 27.9 Å². The van der Waals surface area contributed by atoms with Gasteiger partial charge in [-0.2, -0.15) is 0 Å². The molecule has 4 heteroatoms. The first-order chi connectivity index (χ1) is 10.3. The van der Waals surface area contributed by atoms with Crippen LogP contribution in [0.3, 0.4) is 0 Å². The van der Waals surface area contributed by atoms with Crippen LogP contribution in [0.5, 0.6) is 0 Å².